The molecule has 0 unspecified atom stereocenters. The number of fused-ring (bicyclic) bond motifs is 1. The Morgan fingerprint density at radius 3 is 2.33 bits per heavy atom. The second-order valence-electron chi connectivity index (χ2n) is 3.41. The number of halogens is 2. The molecule has 0 N–H and O–H groups in total. The summed E-state index contributed by atoms with van der Waals surface area (Å²) in [5, 5.41) is 2.09. The van der Waals surface area contributed by atoms with Gasteiger partial charge in [-0.1, -0.05) is 42.5 Å². The van der Waals surface area contributed by atoms with E-state index in [4.69, 9.17) is 0 Å². The highest BCUT2D eigenvalue weighted by Gasteiger charge is 2.06. The molecule has 0 spiro atoms. The fourth-order valence-corrected chi connectivity index (χ4v) is 2.09. The molecule has 0 amide bonds. The van der Waals surface area contributed by atoms with Gasteiger partial charge in [0.25, 0.3) is 6.08 Å². The summed E-state index contributed by atoms with van der Waals surface area (Å²) in [6.45, 7) is 0. The van der Waals surface area contributed by atoms with Gasteiger partial charge in [-0.15, -0.1) is 0 Å². The lowest BCUT2D eigenvalue weighted by Gasteiger charge is -2.05. The first-order valence-corrected chi connectivity index (χ1v) is 5.70. The van der Waals surface area contributed by atoms with Crippen LogP contribution in [0.15, 0.2) is 48.5 Å². The van der Waals surface area contributed by atoms with Crippen molar-refractivity contribution in [3.8, 4) is 0 Å². The average Bonchev–Trinajstić information content (AvgIpc) is 2.27. The topological polar surface area (TPSA) is 0 Å². The van der Waals surface area contributed by atoms with Gasteiger partial charge in [-0.3, -0.25) is 0 Å². The molecule has 2 aromatic carbocycles. The molecule has 76 valence electrons. The molecule has 0 fully saturated rings. The van der Waals surface area contributed by atoms with Crippen LogP contribution in [0.4, 0.5) is 8.78 Å². The van der Waals surface area contributed by atoms with Gasteiger partial charge in [-0.2, -0.15) is 8.78 Å². The van der Waals surface area contributed by atoms with Crippen molar-refractivity contribution >= 4 is 26.2 Å². The van der Waals surface area contributed by atoms with Crippen LogP contribution in [0.25, 0.3) is 16.0 Å². The average molecular weight is 220 g/mol. The number of hydrogen-bond acceptors (Lipinski definition) is 0. The lowest BCUT2D eigenvalue weighted by Crippen LogP contribution is -1.87. The van der Waals surface area contributed by atoms with E-state index >= 15 is 0 Å². The van der Waals surface area contributed by atoms with Gasteiger partial charge in [0.2, 0.25) is 0 Å². The van der Waals surface area contributed by atoms with E-state index in [-0.39, 0.29) is 5.20 Å². The smallest absolute Gasteiger partial charge is 0.174 e. The van der Waals surface area contributed by atoms with Crippen molar-refractivity contribution in [2.24, 2.45) is 0 Å². The Bertz CT molecular complexity index is 523. The van der Waals surface area contributed by atoms with Crippen LogP contribution in [0.5, 0.6) is 0 Å². The van der Waals surface area contributed by atoms with Crippen LogP contribution in [-0.4, -0.2) is 10.2 Å². The molecule has 0 aliphatic rings. The fraction of sp³-hybridized carbons (Fsp3) is 0. The number of benzene rings is 2. The second kappa shape index (κ2) is 3.94. The summed E-state index contributed by atoms with van der Waals surface area (Å²) in [7, 11) is 0.360. The maximum atomic E-state index is 12.6. The van der Waals surface area contributed by atoms with E-state index in [0.29, 0.717) is 15.8 Å². The van der Waals surface area contributed by atoms with Crippen LogP contribution >= 0.6 is 0 Å². The third-order valence-electron chi connectivity index (χ3n) is 2.48. The summed E-state index contributed by atoms with van der Waals surface area (Å²) in [6.07, 6.45) is -1.56. The SMILES string of the molecule is FC(F)=C([SiH3])c1cccc2ccccc12. The Morgan fingerprint density at radius 2 is 1.60 bits per heavy atom. The van der Waals surface area contributed by atoms with Crippen molar-refractivity contribution < 1.29 is 8.78 Å². The van der Waals surface area contributed by atoms with Gasteiger partial charge in [-0.05, 0) is 16.3 Å². The largest absolute Gasteiger partial charge is 0.269 e. The Morgan fingerprint density at radius 1 is 0.933 bits per heavy atom. The zero-order valence-electron chi connectivity index (χ0n) is 8.30. The van der Waals surface area contributed by atoms with E-state index in [1.807, 2.05) is 36.4 Å². The van der Waals surface area contributed by atoms with E-state index < -0.39 is 6.08 Å². The van der Waals surface area contributed by atoms with E-state index in [1.165, 1.54) is 0 Å². The van der Waals surface area contributed by atoms with Crippen LogP contribution < -0.4 is 0 Å². The van der Waals surface area contributed by atoms with Gasteiger partial charge in [0.15, 0.2) is 0 Å². The van der Waals surface area contributed by atoms with E-state index in [9.17, 15) is 8.78 Å². The summed E-state index contributed by atoms with van der Waals surface area (Å²) >= 11 is 0. The second-order valence-corrected chi connectivity index (χ2v) is 4.41. The Kier molecular flexibility index (Phi) is 2.64. The summed E-state index contributed by atoms with van der Waals surface area (Å²) in [5.74, 6) is 0. The summed E-state index contributed by atoms with van der Waals surface area (Å²) in [5.41, 5.74) is 0.666. The van der Waals surface area contributed by atoms with Crippen LogP contribution in [-0.2, 0) is 0 Å². The van der Waals surface area contributed by atoms with Crippen LogP contribution in [0.3, 0.4) is 0 Å². The Hall–Kier alpha value is -1.48. The molecule has 2 aromatic rings. The number of rotatable bonds is 1. The normalized spacial score (nSPS) is 10.5. The first-order chi connectivity index (χ1) is 7.20. The molecule has 0 radical (unpaired) electrons. The van der Waals surface area contributed by atoms with Crippen molar-refractivity contribution in [2.75, 3.05) is 0 Å². The lowest BCUT2D eigenvalue weighted by atomic mass is 10.0. The maximum Gasteiger partial charge on any atom is 0.269 e. The highest BCUT2D eigenvalue weighted by molar-refractivity contribution is 6.43. The first kappa shape index (κ1) is 10.0. The standard InChI is InChI=1S/C12H10F2Si/c13-12(14)11(15)10-7-3-5-8-4-1-2-6-9(8)10/h1-7H,15H3. The molecule has 15 heavy (non-hydrogen) atoms. The quantitative estimate of drug-likeness (QED) is 0.648. The molecule has 0 aliphatic heterocycles. The molecule has 0 heterocycles. The first-order valence-electron chi connectivity index (χ1n) is 4.70. The molecule has 0 aliphatic carbocycles. The van der Waals surface area contributed by atoms with E-state index in [1.54, 1.807) is 6.07 Å². The van der Waals surface area contributed by atoms with Crippen molar-refractivity contribution in [2.45, 2.75) is 0 Å². The van der Waals surface area contributed by atoms with E-state index in [0.717, 1.165) is 10.8 Å². The van der Waals surface area contributed by atoms with Gasteiger partial charge < -0.3 is 0 Å². The summed E-state index contributed by atoms with van der Waals surface area (Å²) < 4.78 is 25.1. The molecule has 0 saturated heterocycles. The van der Waals surface area contributed by atoms with Crippen molar-refractivity contribution in [1.29, 1.82) is 0 Å². The molecule has 3 heteroatoms. The molecule has 0 atom stereocenters. The predicted molar refractivity (Wildman–Crippen MR) is 63.0 cm³/mol. The van der Waals surface area contributed by atoms with Crippen molar-refractivity contribution in [1.82, 2.24) is 0 Å². The molecule has 0 saturated carbocycles. The summed E-state index contributed by atoms with van der Waals surface area (Å²) in [6, 6.07) is 13.1. The van der Waals surface area contributed by atoms with Gasteiger partial charge in [0.1, 0.15) is 0 Å². The monoisotopic (exact) mass is 220 g/mol. The zero-order valence-corrected chi connectivity index (χ0v) is 10.3. The molecule has 2 rings (SSSR count). The predicted octanol–water partition coefficient (Wildman–Crippen LogP) is 2.77. The summed E-state index contributed by atoms with van der Waals surface area (Å²) in [4.78, 5) is 0. The van der Waals surface area contributed by atoms with Gasteiger partial charge >= 0.3 is 0 Å². The van der Waals surface area contributed by atoms with Gasteiger partial charge in [0.05, 0.1) is 0 Å². The van der Waals surface area contributed by atoms with Crippen molar-refractivity contribution in [3.63, 3.8) is 0 Å². The maximum absolute atomic E-state index is 12.6. The van der Waals surface area contributed by atoms with Crippen LogP contribution in [0.1, 0.15) is 5.56 Å². The minimum absolute atomic E-state index is 0.187. The molecular formula is C12H10F2Si. The van der Waals surface area contributed by atoms with E-state index in [2.05, 4.69) is 0 Å². The van der Waals surface area contributed by atoms with Crippen LogP contribution in [0, 0.1) is 0 Å². The third kappa shape index (κ3) is 1.83. The lowest BCUT2D eigenvalue weighted by molar-refractivity contribution is 0.428. The highest BCUT2D eigenvalue weighted by atomic mass is 28.1. The number of hydrogen-bond donors (Lipinski definition) is 0. The minimum Gasteiger partial charge on any atom is -0.174 e. The molecule has 0 aromatic heterocycles. The highest BCUT2D eigenvalue weighted by Crippen LogP contribution is 2.25. The Balaban J connectivity index is 2.77. The molecule has 0 bridgehead atoms. The molecule has 0 nitrogen and oxygen atoms in total. The fourth-order valence-electron chi connectivity index (χ4n) is 1.65. The minimum atomic E-state index is -1.56. The Labute approximate surface area is 89.7 Å². The third-order valence-corrected chi connectivity index (χ3v) is 3.39. The van der Waals surface area contributed by atoms with Crippen LogP contribution in [0.2, 0.25) is 0 Å². The zero-order chi connectivity index (χ0) is 10.8. The van der Waals surface area contributed by atoms with Crippen molar-refractivity contribution in [3.05, 3.63) is 54.1 Å². The molecular weight excluding hydrogens is 210 g/mol. The van der Waals surface area contributed by atoms with Gasteiger partial charge in [0, 0.05) is 15.4 Å². The van der Waals surface area contributed by atoms with Gasteiger partial charge in [-0.25, -0.2) is 0 Å².